The molecule has 1 saturated carbocycles. The number of hydrogen-bond donors (Lipinski definition) is 1. The van der Waals surface area contributed by atoms with Gasteiger partial charge in [0.15, 0.2) is 0 Å². The van der Waals surface area contributed by atoms with Crippen LogP contribution >= 0.6 is 23.2 Å². The van der Waals surface area contributed by atoms with Crippen LogP contribution in [0.5, 0.6) is 0 Å². The molecule has 2 fully saturated rings. The Morgan fingerprint density at radius 2 is 1.95 bits per heavy atom. The number of nitrogens with one attached hydrogen (secondary N) is 1. The first-order chi connectivity index (χ1) is 10.0. The summed E-state index contributed by atoms with van der Waals surface area (Å²) < 4.78 is 0. The predicted molar refractivity (Wildman–Crippen MR) is 82.7 cm³/mol. The lowest BCUT2D eigenvalue weighted by Gasteiger charge is -2.38. The van der Waals surface area contributed by atoms with Gasteiger partial charge in [0.1, 0.15) is 12.1 Å². The Hall–Kier alpha value is -1.26. The molecule has 6 heteroatoms. The zero-order valence-electron chi connectivity index (χ0n) is 11.6. The molecule has 0 bridgehead atoms. The van der Waals surface area contributed by atoms with Crippen molar-refractivity contribution in [2.75, 3.05) is 4.90 Å². The Kier molecular flexibility index (Phi) is 3.84. The van der Waals surface area contributed by atoms with Crippen molar-refractivity contribution in [2.45, 2.75) is 38.3 Å². The van der Waals surface area contributed by atoms with E-state index in [1.807, 2.05) is 6.92 Å². The number of rotatable bonds is 3. The van der Waals surface area contributed by atoms with Crippen molar-refractivity contribution in [1.29, 1.82) is 0 Å². The van der Waals surface area contributed by atoms with Crippen LogP contribution in [0.1, 0.15) is 26.2 Å². The normalized spacial score (nSPS) is 26.0. The summed E-state index contributed by atoms with van der Waals surface area (Å²) >= 11 is 12.0. The number of amides is 2. The van der Waals surface area contributed by atoms with Crippen LogP contribution in [0.15, 0.2) is 18.2 Å². The molecule has 4 nitrogen and oxygen atoms in total. The predicted octanol–water partition coefficient (Wildman–Crippen LogP) is 3.01. The van der Waals surface area contributed by atoms with E-state index in [2.05, 4.69) is 5.32 Å². The number of benzene rings is 1. The highest BCUT2D eigenvalue weighted by Gasteiger charge is 2.46. The third-order valence-electron chi connectivity index (χ3n) is 4.08. The maximum Gasteiger partial charge on any atom is 0.250 e. The SMILES string of the molecule is CCC1C(=O)NC(C2CC2)C(=O)N1c1ccc(Cl)c(Cl)c1. The highest BCUT2D eigenvalue weighted by molar-refractivity contribution is 6.42. The number of piperazine rings is 1. The summed E-state index contributed by atoms with van der Waals surface area (Å²) in [5, 5.41) is 3.68. The largest absolute Gasteiger partial charge is 0.342 e. The van der Waals surface area contributed by atoms with E-state index in [0.717, 1.165) is 12.8 Å². The molecule has 1 aliphatic heterocycles. The molecular weight excluding hydrogens is 311 g/mol. The van der Waals surface area contributed by atoms with E-state index in [4.69, 9.17) is 23.2 Å². The molecule has 112 valence electrons. The fraction of sp³-hybridized carbons (Fsp3) is 0.467. The summed E-state index contributed by atoms with van der Waals surface area (Å²) in [5.74, 6) is 0.118. The molecule has 21 heavy (non-hydrogen) atoms. The van der Waals surface area contributed by atoms with Gasteiger partial charge in [-0.15, -0.1) is 0 Å². The second kappa shape index (κ2) is 5.50. The number of anilines is 1. The van der Waals surface area contributed by atoms with Crippen molar-refractivity contribution in [3.8, 4) is 0 Å². The molecule has 0 aromatic heterocycles. The van der Waals surface area contributed by atoms with E-state index in [1.54, 1.807) is 23.1 Å². The first-order valence-electron chi connectivity index (χ1n) is 7.11. The van der Waals surface area contributed by atoms with Gasteiger partial charge in [-0.25, -0.2) is 0 Å². The van der Waals surface area contributed by atoms with E-state index >= 15 is 0 Å². The molecule has 2 amide bonds. The molecular formula is C15H16Cl2N2O2. The zero-order valence-corrected chi connectivity index (χ0v) is 13.1. The van der Waals surface area contributed by atoms with E-state index in [1.165, 1.54) is 0 Å². The number of halogens is 2. The maximum atomic E-state index is 12.8. The average molecular weight is 327 g/mol. The van der Waals surface area contributed by atoms with Gasteiger partial charge in [0.05, 0.1) is 10.0 Å². The minimum Gasteiger partial charge on any atom is -0.342 e. The number of hydrogen-bond acceptors (Lipinski definition) is 2. The topological polar surface area (TPSA) is 49.4 Å². The maximum absolute atomic E-state index is 12.8. The molecule has 0 radical (unpaired) electrons. The highest BCUT2D eigenvalue weighted by atomic mass is 35.5. The summed E-state index contributed by atoms with van der Waals surface area (Å²) in [6, 6.07) is 4.13. The van der Waals surface area contributed by atoms with Crippen LogP contribution in [0, 0.1) is 5.92 Å². The van der Waals surface area contributed by atoms with Gasteiger partial charge in [-0.3, -0.25) is 14.5 Å². The second-order valence-electron chi connectivity index (χ2n) is 5.55. The van der Waals surface area contributed by atoms with Crippen LogP contribution in [-0.2, 0) is 9.59 Å². The van der Waals surface area contributed by atoms with Gasteiger partial charge in [-0.1, -0.05) is 30.1 Å². The molecule has 2 unspecified atom stereocenters. The van der Waals surface area contributed by atoms with E-state index in [9.17, 15) is 9.59 Å². The molecule has 1 heterocycles. The standard InChI is InChI=1S/C15H16Cl2N2O2/c1-2-12-14(20)18-13(8-3-4-8)15(21)19(12)9-5-6-10(16)11(17)7-9/h5-8,12-13H,2-4H2,1H3,(H,18,20). The Balaban J connectivity index is 1.99. The average Bonchev–Trinajstić information content (AvgIpc) is 3.28. The summed E-state index contributed by atoms with van der Waals surface area (Å²) in [5.41, 5.74) is 0.627. The lowest BCUT2D eigenvalue weighted by molar-refractivity contribution is -0.134. The van der Waals surface area contributed by atoms with Crippen molar-refractivity contribution in [3.05, 3.63) is 28.2 Å². The Morgan fingerprint density at radius 1 is 1.24 bits per heavy atom. The molecule has 1 aliphatic carbocycles. The van der Waals surface area contributed by atoms with Crippen LogP contribution in [-0.4, -0.2) is 23.9 Å². The van der Waals surface area contributed by atoms with Crippen LogP contribution in [0.25, 0.3) is 0 Å². The number of nitrogens with zero attached hydrogens (tertiary/aromatic N) is 1. The fourth-order valence-corrected chi connectivity index (χ4v) is 3.08. The molecule has 0 spiro atoms. The number of carbonyl (C=O) groups excluding carboxylic acids is 2. The van der Waals surface area contributed by atoms with Gasteiger partial charge in [0.2, 0.25) is 5.91 Å². The quantitative estimate of drug-likeness (QED) is 0.928. The van der Waals surface area contributed by atoms with E-state index in [0.29, 0.717) is 22.2 Å². The summed E-state index contributed by atoms with van der Waals surface area (Å²) in [6.07, 6.45) is 2.53. The fourth-order valence-electron chi connectivity index (χ4n) is 2.79. The highest BCUT2D eigenvalue weighted by Crippen LogP contribution is 2.37. The second-order valence-corrected chi connectivity index (χ2v) is 6.37. The van der Waals surface area contributed by atoms with E-state index < -0.39 is 12.1 Å². The summed E-state index contributed by atoms with van der Waals surface area (Å²) in [6.45, 7) is 1.89. The first kappa shape index (κ1) is 14.7. The van der Waals surface area contributed by atoms with Gasteiger partial charge in [0.25, 0.3) is 5.91 Å². The summed E-state index contributed by atoms with van der Waals surface area (Å²) in [7, 11) is 0. The van der Waals surface area contributed by atoms with Crippen molar-refractivity contribution in [1.82, 2.24) is 5.32 Å². The van der Waals surface area contributed by atoms with Gasteiger partial charge in [-0.2, -0.15) is 0 Å². The summed E-state index contributed by atoms with van der Waals surface area (Å²) in [4.78, 5) is 26.6. The Bertz CT molecular complexity index is 601. The van der Waals surface area contributed by atoms with Gasteiger partial charge >= 0.3 is 0 Å². The smallest absolute Gasteiger partial charge is 0.250 e. The molecule has 1 aromatic rings. The minimum atomic E-state index is -0.496. The van der Waals surface area contributed by atoms with Crippen LogP contribution in [0.3, 0.4) is 0 Å². The van der Waals surface area contributed by atoms with Crippen LogP contribution in [0.4, 0.5) is 5.69 Å². The van der Waals surface area contributed by atoms with Crippen molar-refractivity contribution < 1.29 is 9.59 Å². The van der Waals surface area contributed by atoms with Crippen molar-refractivity contribution in [3.63, 3.8) is 0 Å². The van der Waals surface area contributed by atoms with Crippen molar-refractivity contribution in [2.24, 2.45) is 5.92 Å². The third kappa shape index (κ3) is 2.62. The molecule has 3 rings (SSSR count). The lowest BCUT2D eigenvalue weighted by Crippen LogP contribution is -2.64. The Morgan fingerprint density at radius 3 is 2.52 bits per heavy atom. The van der Waals surface area contributed by atoms with Crippen LogP contribution in [0.2, 0.25) is 10.0 Å². The van der Waals surface area contributed by atoms with Gasteiger partial charge < -0.3 is 5.32 Å². The molecule has 2 atom stereocenters. The van der Waals surface area contributed by atoms with Crippen LogP contribution < -0.4 is 10.2 Å². The molecule has 1 N–H and O–H groups in total. The zero-order chi connectivity index (χ0) is 15.1. The Labute approximate surface area is 133 Å². The van der Waals surface area contributed by atoms with Crippen molar-refractivity contribution >= 4 is 40.7 Å². The molecule has 1 saturated heterocycles. The lowest BCUT2D eigenvalue weighted by atomic mass is 10.0. The van der Waals surface area contributed by atoms with Gasteiger partial charge in [-0.05, 0) is 43.4 Å². The monoisotopic (exact) mass is 326 g/mol. The minimum absolute atomic E-state index is 0.0534. The molecule has 2 aliphatic rings. The first-order valence-corrected chi connectivity index (χ1v) is 7.87. The third-order valence-corrected chi connectivity index (χ3v) is 4.82. The molecule has 1 aromatic carbocycles. The van der Waals surface area contributed by atoms with E-state index in [-0.39, 0.29) is 17.7 Å². The number of carbonyl (C=O) groups is 2. The van der Waals surface area contributed by atoms with Gasteiger partial charge in [0, 0.05) is 5.69 Å².